The van der Waals surface area contributed by atoms with Gasteiger partial charge >= 0.3 is 0 Å². The number of benzene rings is 1. The molecule has 0 radical (unpaired) electrons. The highest BCUT2D eigenvalue weighted by molar-refractivity contribution is 5.85. The summed E-state index contributed by atoms with van der Waals surface area (Å²) < 4.78 is 10.5. The lowest BCUT2D eigenvalue weighted by Gasteiger charge is -2.34. The number of nitrogens with two attached hydrogens (primary N) is 1. The molecule has 2 rings (SSSR count). The van der Waals surface area contributed by atoms with Gasteiger partial charge in [0.2, 0.25) is 5.91 Å². The molecule has 1 aliphatic rings. The highest BCUT2D eigenvalue weighted by Crippen LogP contribution is 2.28. The van der Waals surface area contributed by atoms with Gasteiger partial charge in [-0.1, -0.05) is 6.07 Å². The second-order valence-corrected chi connectivity index (χ2v) is 5.64. The smallest absolute Gasteiger partial charge is 0.223 e. The molecule has 3 N–H and O–H groups in total. The molecule has 1 amide bonds. The van der Waals surface area contributed by atoms with Gasteiger partial charge in [0.25, 0.3) is 0 Å². The van der Waals surface area contributed by atoms with Crippen molar-refractivity contribution in [1.82, 2.24) is 4.90 Å². The number of nitrogens with zero attached hydrogens (tertiary/aromatic N) is 1. The van der Waals surface area contributed by atoms with E-state index in [1.165, 1.54) is 0 Å². The maximum atomic E-state index is 12.2. The number of aliphatic hydroxyl groups excluding tert-OH is 1. The van der Waals surface area contributed by atoms with Crippen molar-refractivity contribution < 1.29 is 19.4 Å². The van der Waals surface area contributed by atoms with E-state index in [1.807, 2.05) is 18.2 Å². The quantitative estimate of drug-likeness (QED) is 0.831. The molecule has 7 heteroatoms. The Labute approximate surface area is 143 Å². The van der Waals surface area contributed by atoms with Crippen LogP contribution in [0.1, 0.15) is 18.4 Å². The van der Waals surface area contributed by atoms with Crippen molar-refractivity contribution in [3.8, 4) is 11.5 Å². The van der Waals surface area contributed by atoms with Gasteiger partial charge < -0.3 is 25.2 Å². The third-order valence-corrected chi connectivity index (χ3v) is 3.89. The summed E-state index contributed by atoms with van der Waals surface area (Å²) in [5, 5.41) is 9.71. The predicted molar refractivity (Wildman–Crippen MR) is 90.3 cm³/mol. The van der Waals surface area contributed by atoms with Crippen molar-refractivity contribution in [3.05, 3.63) is 23.8 Å². The Morgan fingerprint density at radius 3 is 2.61 bits per heavy atom. The molecular weight excluding hydrogens is 320 g/mol. The number of piperidine rings is 1. The summed E-state index contributed by atoms with van der Waals surface area (Å²) in [5.41, 5.74) is 6.85. The average molecular weight is 345 g/mol. The molecule has 130 valence electrons. The fourth-order valence-electron chi connectivity index (χ4n) is 2.76. The topological polar surface area (TPSA) is 85.0 Å². The molecule has 0 aliphatic carbocycles. The van der Waals surface area contributed by atoms with Crippen LogP contribution in [0.2, 0.25) is 0 Å². The largest absolute Gasteiger partial charge is 0.493 e. The van der Waals surface area contributed by atoms with Crippen LogP contribution in [-0.2, 0) is 11.2 Å². The highest BCUT2D eigenvalue weighted by Gasteiger charge is 2.26. The van der Waals surface area contributed by atoms with Crippen molar-refractivity contribution in [2.75, 3.05) is 27.3 Å². The number of aryl methyl sites for hydroxylation is 1. The van der Waals surface area contributed by atoms with E-state index in [-0.39, 0.29) is 24.4 Å². The number of amides is 1. The zero-order valence-electron chi connectivity index (χ0n) is 13.5. The second-order valence-electron chi connectivity index (χ2n) is 5.64. The number of likely N-dealkylation sites (tertiary alicyclic amines) is 1. The molecule has 1 fully saturated rings. The van der Waals surface area contributed by atoms with Crippen molar-refractivity contribution in [3.63, 3.8) is 0 Å². The van der Waals surface area contributed by atoms with Gasteiger partial charge in [0.15, 0.2) is 11.5 Å². The molecule has 0 saturated carbocycles. The van der Waals surface area contributed by atoms with Crippen LogP contribution in [0, 0.1) is 0 Å². The maximum absolute atomic E-state index is 12.2. The third-order valence-electron chi connectivity index (χ3n) is 3.89. The first-order valence-corrected chi connectivity index (χ1v) is 7.45. The van der Waals surface area contributed by atoms with Gasteiger partial charge in [0.1, 0.15) is 0 Å². The summed E-state index contributed by atoms with van der Waals surface area (Å²) in [6.07, 6.45) is 1.03. The third kappa shape index (κ3) is 5.27. The Morgan fingerprint density at radius 2 is 2.00 bits per heavy atom. The van der Waals surface area contributed by atoms with E-state index in [4.69, 9.17) is 15.2 Å². The first kappa shape index (κ1) is 19.5. The van der Waals surface area contributed by atoms with Crippen molar-refractivity contribution in [1.29, 1.82) is 0 Å². The molecule has 1 aliphatic heterocycles. The molecular formula is C16H25ClN2O4. The first-order valence-electron chi connectivity index (χ1n) is 7.45. The van der Waals surface area contributed by atoms with Crippen LogP contribution in [0.15, 0.2) is 18.2 Å². The number of hydrogen-bond donors (Lipinski definition) is 2. The van der Waals surface area contributed by atoms with E-state index in [1.54, 1.807) is 19.1 Å². The summed E-state index contributed by atoms with van der Waals surface area (Å²) >= 11 is 0. The molecule has 1 heterocycles. The number of rotatable bonds is 5. The van der Waals surface area contributed by atoms with Gasteiger partial charge in [-0.25, -0.2) is 0 Å². The Hall–Kier alpha value is -1.50. The number of halogens is 1. The van der Waals surface area contributed by atoms with Crippen LogP contribution in [0.5, 0.6) is 11.5 Å². The summed E-state index contributed by atoms with van der Waals surface area (Å²) in [4.78, 5) is 13.9. The monoisotopic (exact) mass is 344 g/mol. The van der Waals surface area contributed by atoms with E-state index >= 15 is 0 Å². The van der Waals surface area contributed by atoms with E-state index in [0.29, 0.717) is 43.9 Å². The lowest BCUT2D eigenvalue weighted by molar-refractivity contribution is -0.134. The average Bonchev–Trinajstić information content (AvgIpc) is 2.51. The van der Waals surface area contributed by atoms with Crippen molar-refractivity contribution >= 4 is 18.3 Å². The molecule has 1 aromatic carbocycles. The maximum Gasteiger partial charge on any atom is 0.223 e. The first-order chi connectivity index (χ1) is 10.5. The predicted octanol–water partition coefficient (Wildman–Crippen LogP) is 0.979. The summed E-state index contributed by atoms with van der Waals surface area (Å²) in [6, 6.07) is 5.49. The zero-order valence-corrected chi connectivity index (χ0v) is 14.3. The van der Waals surface area contributed by atoms with Gasteiger partial charge in [0, 0.05) is 25.6 Å². The molecule has 0 bridgehead atoms. The van der Waals surface area contributed by atoms with E-state index in [9.17, 15) is 9.90 Å². The molecule has 23 heavy (non-hydrogen) atoms. The van der Waals surface area contributed by atoms with Crippen LogP contribution in [0.4, 0.5) is 0 Å². The molecule has 0 unspecified atom stereocenters. The number of aliphatic hydroxyl groups is 1. The Morgan fingerprint density at radius 1 is 1.30 bits per heavy atom. The lowest BCUT2D eigenvalue weighted by atomic mass is 10.0. The minimum absolute atomic E-state index is 0. The Kier molecular flexibility index (Phi) is 7.61. The minimum atomic E-state index is -0.520. The SMILES string of the molecule is COc1ccc(CCC(=O)N2C[C@@H](N)C[C@@H](O)C2)cc1OC.Cl. The van der Waals surface area contributed by atoms with Crippen molar-refractivity contribution in [2.45, 2.75) is 31.4 Å². The number of carbonyl (C=O) groups is 1. The minimum Gasteiger partial charge on any atom is -0.493 e. The number of methoxy groups -OCH3 is 2. The highest BCUT2D eigenvalue weighted by atomic mass is 35.5. The Balaban J connectivity index is 0.00000264. The van der Waals surface area contributed by atoms with Gasteiger partial charge in [0.05, 0.1) is 20.3 Å². The number of ether oxygens (including phenoxy) is 2. The van der Waals surface area contributed by atoms with E-state index in [2.05, 4.69) is 0 Å². The van der Waals surface area contributed by atoms with Crippen LogP contribution >= 0.6 is 12.4 Å². The fraction of sp³-hybridized carbons (Fsp3) is 0.562. The molecule has 0 aromatic heterocycles. The summed E-state index contributed by atoms with van der Waals surface area (Å²) in [7, 11) is 3.18. The molecule has 2 atom stereocenters. The zero-order chi connectivity index (χ0) is 16.1. The van der Waals surface area contributed by atoms with Crippen LogP contribution < -0.4 is 15.2 Å². The van der Waals surface area contributed by atoms with Crippen LogP contribution in [-0.4, -0.2) is 55.4 Å². The molecule has 0 spiro atoms. The van der Waals surface area contributed by atoms with E-state index in [0.717, 1.165) is 5.56 Å². The molecule has 1 saturated heterocycles. The fourth-order valence-corrected chi connectivity index (χ4v) is 2.76. The summed E-state index contributed by atoms with van der Waals surface area (Å²) in [5.74, 6) is 1.34. The number of carbonyl (C=O) groups excluding carboxylic acids is 1. The lowest BCUT2D eigenvalue weighted by Crippen LogP contribution is -2.51. The van der Waals surface area contributed by atoms with Gasteiger partial charge in [-0.15, -0.1) is 12.4 Å². The Bertz CT molecular complexity index is 517. The number of β-amino-alcohol motifs (C(OH)–C–C–N with tert-alkyl or cyclic N) is 1. The van der Waals surface area contributed by atoms with Gasteiger partial charge in [-0.2, -0.15) is 0 Å². The van der Waals surface area contributed by atoms with Crippen LogP contribution in [0.25, 0.3) is 0 Å². The number of hydrogen-bond acceptors (Lipinski definition) is 5. The van der Waals surface area contributed by atoms with E-state index < -0.39 is 6.10 Å². The summed E-state index contributed by atoms with van der Waals surface area (Å²) in [6.45, 7) is 0.889. The second kappa shape index (κ2) is 8.96. The van der Waals surface area contributed by atoms with Gasteiger partial charge in [-0.3, -0.25) is 4.79 Å². The van der Waals surface area contributed by atoms with Crippen LogP contribution in [0.3, 0.4) is 0 Å². The molecule has 1 aromatic rings. The van der Waals surface area contributed by atoms with Crippen molar-refractivity contribution in [2.24, 2.45) is 5.73 Å². The molecule has 6 nitrogen and oxygen atoms in total. The standard InChI is InChI=1S/C16H24N2O4.ClH/c1-21-14-5-3-11(7-15(14)22-2)4-6-16(20)18-9-12(17)8-13(19)10-18;/h3,5,7,12-13,19H,4,6,8-10,17H2,1-2H3;1H/t12-,13+;/m0./s1. The normalized spacial score (nSPS) is 20.6. The van der Waals surface area contributed by atoms with Gasteiger partial charge in [-0.05, 0) is 30.5 Å².